The van der Waals surface area contributed by atoms with Crippen molar-refractivity contribution in [3.8, 4) is 0 Å². The van der Waals surface area contributed by atoms with Crippen LogP contribution in [-0.2, 0) is 13.1 Å². The minimum atomic E-state index is -0.301. The zero-order valence-corrected chi connectivity index (χ0v) is 13.3. The fraction of sp³-hybridized carbons (Fsp3) is 0.500. The largest absolute Gasteiger partial charge is 0.318 e. The normalized spacial score (nSPS) is 18.9. The standard InChI is InChI=1S/C16H21N5O2/c1-2-20-12-17-18-16(20)14-7-5-9-19(11-14)10-13-6-3-4-8-15(13)21(22)23/h3-4,6,8,12,14H,2,5,7,9-11H2,1H3. The van der Waals surface area contributed by atoms with Crippen molar-refractivity contribution in [2.75, 3.05) is 13.1 Å². The van der Waals surface area contributed by atoms with E-state index in [1.54, 1.807) is 18.5 Å². The summed E-state index contributed by atoms with van der Waals surface area (Å²) in [6.07, 6.45) is 3.93. The fourth-order valence-corrected chi connectivity index (χ4v) is 3.30. The van der Waals surface area contributed by atoms with Crippen molar-refractivity contribution in [3.05, 3.63) is 52.1 Å². The van der Waals surface area contributed by atoms with Gasteiger partial charge in [0, 0.05) is 37.2 Å². The second kappa shape index (κ2) is 6.87. The van der Waals surface area contributed by atoms with Crippen molar-refractivity contribution in [1.82, 2.24) is 19.7 Å². The lowest BCUT2D eigenvalue weighted by molar-refractivity contribution is -0.385. The van der Waals surface area contributed by atoms with Gasteiger partial charge in [-0.3, -0.25) is 15.0 Å². The zero-order valence-electron chi connectivity index (χ0n) is 13.3. The molecule has 1 aliphatic heterocycles. The Balaban J connectivity index is 1.74. The van der Waals surface area contributed by atoms with Crippen LogP contribution in [0.3, 0.4) is 0 Å². The van der Waals surface area contributed by atoms with Gasteiger partial charge in [-0.15, -0.1) is 10.2 Å². The van der Waals surface area contributed by atoms with Gasteiger partial charge in [0.25, 0.3) is 5.69 Å². The summed E-state index contributed by atoms with van der Waals surface area (Å²) in [6, 6.07) is 6.99. The maximum absolute atomic E-state index is 11.2. The Morgan fingerprint density at radius 3 is 3.00 bits per heavy atom. The molecule has 23 heavy (non-hydrogen) atoms. The van der Waals surface area contributed by atoms with Crippen LogP contribution in [0, 0.1) is 10.1 Å². The Morgan fingerprint density at radius 2 is 2.22 bits per heavy atom. The molecule has 1 aliphatic rings. The first-order valence-corrected chi connectivity index (χ1v) is 8.01. The highest BCUT2D eigenvalue weighted by atomic mass is 16.6. The molecule has 7 nitrogen and oxygen atoms in total. The third-order valence-corrected chi connectivity index (χ3v) is 4.44. The first-order valence-electron chi connectivity index (χ1n) is 8.01. The van der Waals surface area contributed by atoms with Crippen LogP contribution in [0.25, 0.3) is 0 Å². The number of aromatic nitrogens is 3. The summed E-state index contributed by atoms with van der Waals surface area (Å²) >= 11 is 0. The lowest BCUT2D eigenvalue weighted by Crippen LogP contribution is -2.35. The van der Waals surface area contributed by atoms with E-state index < -0.39 is 0 Å². The van der Waals surface area contributed by atoms with Gasteiger partial charge in [-0.25, -0.2) is 0 Å². The second-order valence-electron chi connectivity index (χ2n) is 5.94. The Hall–Kier alpha value is -2.28. The minimum absolute atomic E-state index is 0.200. The molecule has 0 radical (unpaired) electrons. The first kappa shape index (κ1) is 15.6. The molecular formula is C16H21N5O2. The van der Waals surface area contributed by atoms with Crippen LogP contribution in [0.1, 0.15) is 37.1 Å². The highest BCUT2D eigenvalue weighted by Gasteiger charge is 2.26. The summed E-state index contributed by atoms with van der Waals surface area (Å²) in [6.45, 7) is 5.38. The van der Waals surface area contributed by atoms with E-state index in [4.69, 9.17) is 0 Å². The highest BCUT2D eigenvalue weighted by Crippen LogP contribution is 2.28. The lowest BCUT2D eigenvalue weighted by atomic mass is 9.96. The summed E-state index contributed by atoms with van der Waals surface area (Å²) in [5.74, 6) is 1.37. The molecule has 1 aromatic heterocycles. The van der Waals surface area contributed by atoms with Crippen molar-refractivity contribution >= 4 is 5.69 Å². The SMILES string of the molecule is CCn1cnnc1C1CCCN(Cc2ccccc2[N+](=O)[O-])C1. The number of nitro groups is 1. The van der Waals surface area contributed by atoms with Crippen molar-refractivity contribution in [1.29, 1.82) is 0 Å². The van der Waals surface area contributed by atoms with E-state index in [1.807, 2.05) is 12.1 Å². The van der Waals surface area contributed by atoms with Crippen LogP contribution < -0.4 is 0 Å². The van der Waals surface area contributed by atoms with Gasteiger partial charge >= 0.3 is 0 Å². The number of hydrogen-bond acceptors (Lipinski definition) is 5. The van der Waals surface area contributed by atoms with Gasteiger partial charge in [0.15, 0.2) is 0 Å². The number of likely N-dealkylation sites (tertiary alicyclic amines) is 1. The minimum Gasteiger partial charge on any atom is -0.318 e. The number of nitro benzene ring substituents is 1. The van der Waals surface area contributed by atoms with Gasteiger partial charge in [0.1, 0.15) is 12.2 Å². The summed E-state index contributed by atoms with van der Waals surface area (Å²) in [4.78, 5) is 13.1. The molecule has 2 heterocycles. The van der Waals surface area contributed by atoms with Crippen molar-refractivity contribution in [2.24, 2.45) is 0 Å². The number of para-hydroxylation sites is 1. The molecule has 1 aromatic carbocycles. The van der Waals surface area contributed by atoms with Crippen LogP contribution in [0.5, 0.6) is 0 Å². The third-order valence-electron chi connectivity index (χ3n) is 4.44. The molecule has 0 spiro atoms. The number of rotatable bonds is 5. The molecule has 0 N–H and O–H groups in total. The predicted molar refractivity (Wildman–Crippen MR) is 86.0 cm³/mol. The second-order valence-corrected chi connectivity index (χ2v) is 5.94. The molecule has 1 atom stereocenters. The van der Waals surface area contributed by atoms with Gasteiger partial charge in [-0.1, -0.05) is 18.2 Å². The third kappa shape index (κ3) is 3.39. The smallest absolute Gasteiger partial charge is 0.273 e. The molecule has 1 fully saturated rings. The molecule has 0 aliphatic carbocycles. The predicted octanol–water partition coefficient (Wildman–Crippen LogP) is 2.59. The van der Waals surface area contributed by atoms with Crippen LogP contribution in [0.15, 0.2) is 30.6 Å². The highest BCUT2D eigenvalue weighted by molar-refractivity contribution is 5.39. The van der Waals surface area contributed by atoms with Crippen LogP contribution in [0.4, 0.5) is 5.69 Å². The average Bonchev–Trinajstić information content (AvgIpc) is 3.04. The molecule has 0 bridgehead atoms. The van der Waals surface area contributed by atoms with Gasteiger partial charge in [0.05, 0.1) is 4.92 Å². The van der Waals surface area contributed by atoms with E-state index in [1.165, 1.54) is 0 Å². The number of benzene rings is 1. The van der Waals surface area contributed by atoms with E-state index in [-0.39, 0.29) is 10.6 Å². The van der Waals surface area contributed by atoms with E-state index in [0.717, 1.165) is 43.9 Å². The quantitative estimate of drug-likeness (QED) is 0.626. The van der Waals surface area contributed by atoms with Crippen LogP contribution >= 0.6 is 0 Å². The first-order chi connectivity index (χ1) is 11.2. The molecule has 1 saturated heterocycles. The Kier molecular flexibility index (Phi) is 4.66. The van der Waals surface area contributed by atoms with E-state index >= 15 is 0 Å². The Bertz CT molecular complexity index is 685. The number of piperidine rings is 1. The lowest BCUT2D eigenvalue weighted by Gasteiger charge is -2.32. The zero-order chi connectivity index (χ0) is 16.2. The molecule has 3 rings (SSSR count). The van der Waals surface area contributed by atoms with Crippen LogP contribution in [0.2, 0.25) is 0 Å². The molecule has 7 heteroatoms. The topological polar surface area (TPSA) is 77.1 Å². The molecule has 1 unspecified atom stereocenters. The van der Waals surface area contributed by atoms with Crippen molar-refractivity contribution < 1.29 is 4.92 Å². The summed E-state index contributed by atoms with van der Waals surface area (Å²) in [5.41, 5.74) is 0.974. The molecule has 0 saturated carbocycles. The monoisotopic (exact) mass is 315 g/mol. The molecule has 122 valence electrons. The molecule has 2 aromatic rings. The average molecular weight is 315 g/mol. The summed E-state index contributed by atoms with van der Waals surface area (Å²) in [7, 11) is 0. The van der Waals surface area contributed by atoms with Gasteiger partial charge in [-0.2, -0.15) is 0 Å². The molecule has 0 amide bonds. The number of aryl methyl sites for hydroxylation is 1. The van der Waals surface area contributed by atoms with Crippen molar-refractivity contribution in [2.45, 2.75) is 38.8 Å². The van der Waals surface area contributed by atoms with E-state index in [0.29, 0.717) is 12.5 Å². The Labute approximate surface area is 135 Å². The van der Waals surface area contributed by atoms with E-state index in [9.17, 15) is 10.1 Å². The Morgan fingerprint density at radius 1 is 1.39 bits per heavy atom. The summed E-state index contributed by atoms with van der Waals surface area (Å²) in [5, 5.41) is 19.5. The maximum Gasteiger partial charge on any atom is 0.273 e. The fourth-order valence-electron chi connectivity index (χ4n) is 3.30. The van der Waals surface area contributed by atoms with Gasteiger partial charge in [0.2, 0.25) is 0 Å². The molecular weight excluding hydrogens is 294 g/mol. The maximum atomic E-state index is 11.2. The van der Waals surface area contributed by atoms with E-state index in [2.05, 4.69) is 26.6 Å². The van der Waals surface area contributed by atoms with Crippen molar-refractivity contribution in [3.63, 3.8) is 0 Å². The van der Waals surface area contributed by atoms with Crippen LogP contribution in [-0.4, -0.2) is 37.7 Å². The summed E-state index contributed by atoms with van der Waals surface area (Å²) < 4.78 is 2.08. The van der Waals surface area contributed by atoms with Gasteiger partial charge < -0.3 is 4.57 Å². The number of hydrogen-bond donors (Lipinski definition) is 0. The number of nitrogens with zero attached hydrogens (tertiary/aromatic N) is 5. The van der Waals surface area contributed by atoms with Gasteiger partial charge in [-0.05, 0) is 26.3 Å².